The Morgan fingerprint density at radius 2 is 1.73 bits per heavy atom. The molecule has 0 heterocycles. The SMILES string of the molecule is CCCC(CCN=Cc1ccccc1)[SiH2]C(OCC)OCC. The monoisotopic (exact) mass is 321 g/mol. The number of rotatable bonds is 12. The highest BCUT2D eigenvalue weighted by atomic mass is 28.2. The van der Waals surface area contributed by atoms with E-state index in [1.54, 1.807) is 0 Å². The van der Waals surface area contributed by atoms with Crippen molar-refractivity contribution in [1.29, 1.82) is 0 Å². The molecule has 1 unspecified atom stereocenters. The van der Waals surface area contributed by atoms with Gasteiger partial charge in [0, 0.05) is 26.0 Å². The highest BCUT2D eigenvalue weighted by Gasteiger charge is 2.17. The summed E-state index contributed by atoms with van der Waals surface area (Å²) in [6, 6.07) is 10.3. The van der Waals surface area contributed by atoms with Crippen molar-refractivity contribution in [2.24, 2.45) is 4.99 Å². The van der Waals surface area contributed by atoms with Crippen molar-refractivity contribution in [3.8, 4) is 0 Å². The quantitative estimate of drug-likeness (QED) is 0.334. The molecule has 1 aromatic carbocycles. The molecule has 0 radical (unpaired) electrons. The molecule has 0 fully saturated rings. The van der Waals surface area contributed by atoms with Crippen molar-refractivity contribution in [2.75, 3.05) is 19.8 Å². The number of hydrogen-bond acceptors (Lipinski definition) is 3. The van der Waals surface area contributed by atoms with E-state index in [2.05, 4.69) is 24.0 Å². The fourth-order valence-electron chi connectivity index (χ4n) is 2.58. The summed E-state index contributed by atoms with van der Waals surface area (Å²) in [5.41, 5.74) is 1.93. The van der Waals surface area contributed by atoms with E-state index in [4.69, 9.17) is 9.47 Å². The molecule has 1 rings (SSSR count). The van der Waals surface area contributed by atoms with E-state index in [0.717, 1.165) is 31.7 Å². The molecule has 0 N–H and O–H groups in total. The standard InChI is InChI=1S/C18H31NO2Si/c1-4-10-17(22-18(20-5-2)21-6-3)13-14-19-15-16-11-8-7-9-12-16/h7-9,11-12,15,17-18H,4-6,10,13-14,22H2,1-3H3. The van der Waals surface area contributed by atoms with Crippen molar-refractivity contribution < 1.29 is 9.47 Å². The molecule has 0 aliphatic heterocycles. The van der Waals surface area contributed by atoms with Gasteiger partial charge in [-0.25, -0.2) is 0 Å². The van der Waals surface area contributed by atoms with Crippen molar-refractivity contribution in [3.63, 3.8) is 0 Å². The average Bonchev–Trinajstić information content (AvgIpc) is 2.53. The van der Waals surface area contributed by atoms with E-state index >= 15 is 0 Å². The van der Waals surface area contributed by atoms with Crippen LogP contribution >= 0.6 is 0 Å². The maximum Gasteiger partial charge on any atom is 0.135 e. The highest BCUT2D eigenvalue weighted by molar-refractivity contribution is 6.38. The van der Waals surface area contributed by atoms with Gasteiger partial charge in [0.2, 0.25) is 0 Å². The molecule has 0 saturated carbocycles. The minimum atomic E-state index is -0.403. The zero-order chi connectivity index (χ0) is 16.0. The number of nitrogens with zero attached hydrogens (tertiary/aromatic N) is 1. The Bertz CT molecular complexity index is 391. The summed E-state index contributed by atoms with van der Waals surface area (Å²) in [7, 11) is -0.403. The summed E-state index contributed by atoms with van der Waals surface area (Å²) < 4.78 is 11.5. The third-order valence-corrected chi connectivity index (χ3v) is 5.97. The molecule has 0 spiro atoms. The van der Waals surface area contributed by atoms with Gasteiger partial charge in [0.1, 0.15) is 5.91 Å². The molecule has 124 valence electrons. The van der Waals surface area contributed by atoms with Crippen LogP contribution in [0.3, 0.4) is 0 Å². The Labute approximate surface area is 138 Å². The van der Waals surface area contributed by atoms with Crippen molar-refractivity contribution in [1.82, 2.24) is 0 Å². The van der Waals surface area contributed by atoms with E-state index in [0.29, 0.717) is 0 Å². The Morgan fingerprint density at radius 1 is 1.05 bits per heavy atom. The first-order valence-corrected chi connectivity index (χ1v) is 10.2. The van der Waals surface area contributed by atoms with E-state index in [-0.39, 0.29) is 5.91 Å². The number of hydrogen-bond donors (Lipinski definition) is 0. The van der Waals surface area contributed by atoms with Gasteiger partial charge in [-0.1, -0.05) is 50.1 Å². The predicted octanol–water partition coefficient (Wildman–Crippen LogP) is 3.61. The molecule has 0 bridgehead atoms. The summed E-state index contributed by atoms with van der Waals surface area (Å²) in [6.45, 7) is 8.71. The first-order valence-electron chi connectivity index (χ1n) is 8.58. The third kappa shape index (κ3) is 8.46. The third-order valence-electron chi connectivity index (χ3n) is 3.63. The lowest BCUT2D eigenvalue weighted by molar-refractivity contribution is -0.0835. The van der Waals surface area contributed by atoms with Crippen LogP contribution in [-0.4, -0.2) is 41.4 Å². The second-order valence-electron chi connectivity index (χ2n) is 5.47. The van der Waals surface area contributed by atoms with Crippen LogP contribution in [0, 0.1) is 0 Å². The summed E-state index contributed by atoms with van der Waals surface area (Å²) >= 11 is 0. The first kappa shape index (κ1) is 19.1. The second-order valence-corrected chi connectivity index (χ2v) is 7.76. The highest BCUT2D eigenvalue weighted by Crippen LogP contribution is 2.19. The summed E-state index contributed by atoms with van der Waals surface area (Å²) in [4.78, 5) is 4.58. The van der Waals surface area contributed by atoms with Crippen LogP contribution in [0.15, 0.2) is 35.3 Å². The Balaban J connectivity index is 2.40. The van der Waals surface area contributed by atoms with Gasteiger partial charge in [-0.05, 0) is 31.4 Å². The fourth-order valence-corrected chi connectivity index (χ4v) is 4.93. The number of benzene rings is 1. The molecule has 1 aromatic rings. The minimum Gasteiger partial charge on any atom is -0.357 e. The molecule has 4 heteroatoms. The van der Waals surface area contributed by atoms with Crippen molar-refractivity contribution in [2.45, 2.75) is 51.5 Å². The predicted molar refractivity (Wildman–Crippen MR) is 97.8 cm³/mol. The van der Waals surface area contributed by atoms with Crippen LogP contribution in [-0.2, 0) is 9.47 Å². The van der Waals surface area contributed by atoms with Gasteiger partial charge in [-0.3, -0.25) is 4.99 Å². The van der Waals surface area contributed by atoms with Crippen LogP contribution in [0.25, 0.3) is 0 Å². The molecule has 0 aliphatic carbocycles. The van der Waals surface area contributed by atoms with Crippen LogP contribution in [0.5, 0.6) is 0 Å². The second kappa shape index (κ2) is 12.6. The lowest BCUT2D eigenvalue weighted by atomic mass is 10.2. The van der Waals surface area contributed by atoms with E-state index < -0.39 is 9.52 Å². The molecule has 1 atom stereocenters. The van der Waals surface area contributed by atoms with E-state index in [1.165, 1.54) is 18.4 Å². The van der Waals surface area contributed by atoms with Gasteiger partial charge < -0.3 is 9.47 Å². The topological polar surface area (TPSA) is 30.8 Å². The average molecular weight is 322 g/mol. The first-order chi connectivity index (χ1) is 10.8. The summed E-state index contributed by atoms with van der Waals surface area (Å²) in [5, 5.41) is 0. The summed E-state index contributed by atoms with van der Waals surface area (Å²) in [6.07, 6.45) is 5.63. The minimum absolute atomic E-state index is 0.0738. The molecule has 0 aliphatic rings. The normalized spacial score (nSPS) is 13.6. The number of ether oxygens (including phenoxy) is 2. The van der Waals surface area contributed by atoms with E-state index in [1.807, 2.05) is 38.3 Å². The smallest absolute Gasteiger partial charge is 0.135 e. The van der Waals surface area contributed by atoms with Crippen LogP contribution in [0.1, 0.15) is 45.6 Å². The lowest BCUT2D eigenvalue weighted by Crippen LogP contribution is -2.28. The van der Waals surface area contributed by atoms with Gasteiger partial charge in [-0.2, -0.15) is 0 Å². The largest absolute Gasteiger partial charge is 0.357 e. The van der Waals surface area contributed by atoms with Crippen LogP contribution in [0.2, 0.25) is 5.54 Å². The number of aliphatic imine (C=N–C) groups is 1. The van der Waals surface area contributed by atoms with E-state index in [9.17, 15) is 0 Å². The molecule has 3 nitrogen and oxygen atoms in total. The van der Waals surface area contributed by atoms with Crippen LogP contribution in [0.4, 0.5) is 0 Å². The maximum atomic E-state index is 5.74. The van der Waals surface area contributed by atoms with Crippen molar-refractivity contribution in [3.05, 3.63) is 35.9 Å². The lowest BCUT2D eigenvalue weighted by Gasteiger charge is -2.22. The van der Waals surface area contributed by atoms with Gasteiger partial charge in [0.15, 0.2) is 0 Å². The van der Waals surface area contributed by atoms with Gasteiger partial charge in [-0.15, -0.1) is 0 Å². The van der Waals surface area contributed by atoms with Crippen LogP contribution < -0.4 is 0 Å². The molecule has 0 saturated heterocycles. The van der Waals surface area contributed by atoms with Gasteiger partial charge >= 0.3 is 0 Å². The molecule has 22 heavy (non-hydrogen) atoms. The zero-order valence-electron chi connectivity index (χ0n) is 14.3. The summed E-state index contributed by atoms with van der Waals surface area (Å²) in [5.74, 6) is 0.0738. The Hall–Kier alpha value is -0.973. The fraction of sp³-hybridized carbons (Fsp3) is 0.611. The maximum absolute atomic E-state index is 5.74. The Kier molecular flexibility index (Phi) is 10.9. The Morgan fingerprint density at radius 3 is 2.32 bits per heavy atom. The molecular formula is C18H31NO2Si. The molecule has 0 amide bonds. The van der Waals surface area contributed by atoms with Gasteiger partial charge in [0.05, 0.1) is 9.52 Å². The molecule has 0 aromatic heterocycles. The molecular weight excluding hydrogens is 290 g/mol. The van der Waals surface area contributed by atoms with Crippen molar-refractivity contribution >= 4 is 15.7 Å². The van der Waals surface area contributed by atoms with Gasteiger partial charge in [0.25, 0.3) is 0 Å². The zero-order valence-corrected chi connectivity index (χ0v) is 15.7.